The topological polar surface area (TPSA) is 9.86 Å². The molecular weight excluding hydrogens is 965 g/mol. The maximum Gasteiger partial charge on any atom is 0.0541 e. The van der Waals surface area contributed by atoms with Gasteiger partial charge in [0.1, 0.15) is 0 Å². The monoisotopic (exact) mass is 1010 g/mol. The van der Waals surface area contributed by atoms with Crippen molar-refractivity contribution in [2.24, 2.45) is 0 Å². The maximum absolute atomic E-state index is 2.44. The molecule has 0 saturated heterocycles. The summed E-state index contributed by atoms with van der Waals surface area (Å²) in [6.07, 6.45) is 0. The molecule has 0 N–H and O–H groups in total. The number of benzene rings is 15. The van der Waals surface area contributed by atoms with Crippen molar-refractivity contribution < 1.29 is 0 Å². The first-order valence-corrected chi connectivity index (χ1v) is 27.7. The van der Waals surface area contributed by atoms with Gasteiger partial charge in [-0.05, 0) is 165 Å². The van der Waals surface area contributed by atoms with E-state index in [0.717, 1.165) is 0 Å². The normalized spacial score (nSPS) is 11.8. The molecular formula is C78H50N2. The minimum atomic E-state index is 1.17. The molecule has 0 unspecified atom stereocenters. The van der Waals surface area contributed by atoms with E-state index in [1.165, 1.54) is 153 Å². The van der Waals surface area contributed by atoms with Crippen LogP contribution in [0.3, 0.4) is 0 Å². The molecule has 0 bridgehead atoms. The van der Waals surface area contributed by atoms with Gasteiger partial charge in [-0.3, -0.25) is 0 Å². The van der Waals surface area contributed by atoms with E-state index in [1.807, 2.05) is 0 Å². The SMILES string of the molecule is c1cc(-c2ccc3c4ccccc4c4ccccc4c3c2)cc(-n2c3ccccc3c3ccccc32)c1.c1ccc(-c2ccc3c(c2)c2cc(-c4ccccc4)ccc2n3-c2ccc3c4ccccc4c4ccccc4c3c2)cc1. The Bertz CT molecular complexity index is 5070. The number of hydrogen-bond donors (Lipinski definition) is 0. The van der Waals surface area contributed by atoms with Crippen LogP contribution in [-0.2, 0) is 0 Å². The first-order valence-electron chi connectivity index (χ1n) is 27.7. The maximum atomic E-state index is 2.44. The van der Waals surface area contributed by atoms with Gasteiger partial charge < -0.3 is 9.13 Å². The lowest BCUT2D eigenvalue weighted by atomic mass is 9.92. The molecule has 17 rings (SSSR count). The van der Waals surface area contributed by atoms with E-state index in [1.54, 1.807) is 0 Å². The number of aromatic nitrogens is 2. The zero-order valence-electron chi connectivity index (χ0n) is 43.8. The quantitative estimate of drug-likeness (QED) is 0.152. The Labute approximate surface area is 462 Å². The molecule has 0 spiro atoms. The summed E-state index contributed by atoms with van der Waals surface area (Å²) in [6, 6.07) is 111. The first kappa shape index (κ1) is 45.6. The van der Waals surface area contributed by atoms with E-state index >= 15 is 0 Å². The van der Waals surface area contributed by atoms with Crippen LogP contribution in [-0.4, -0.2) is 9.13 Å². The molecule has 0 fully saturated rings. The van der Waals surface area contributed by atoms with Gasteiger partial charge in [-0.2, -0.15) is 0 Å². The molecule has 15 aromatic carbocycles. The lowest BCUT2D eigenvalue weighted by molar-refractivity contribution is 1.18. The summed E-state index contributed by atoms with van der Waals surface area (Å²) in [5, 5.41) is 20.7. The molecule has 0 aliphatic carbocycles. The Morgan fingerprint density at radius 1 is 0.138 bits per heavy atom. The van der Waals surface area contributed by atoms with Gasteiger partial charge in [0.25, 0.3) is 0 Å². The highest BCUT2D eigenvalue weighted by Crippen LogP contribution is 2.42. The van der Waals surface area contributed by atoms with Gasteiger partial charge in [-0.25, -0.2) is 0 Å². The Balaban J connectivity index is 0.000000134. The molecule has 0 aliphatic rings. The third kappa shape index (κ3) is 7.34. The second kappa shape index (κ2) is 18.6. The summed E-state index contributed by atoms with van der Waals surface area (Å²) < 4.78 is 4.83. The molecule has 2 aromatic heterocycles. The predicted molar refractivity (Wildman–Crippen MR) is 343 cm³/mol. The van der Waals surface area contributed by atoms with E-state index in [2.05, 4.69) is 312 Å². The van der Waals surface area contributed by atoms with E-state index in [9.17, 15) is 0 Å². The predicted octanol–water partition coefficient (Wildman–Crippen LogP) is 21.5. The van der Waals surface area contributed by atoms with Gasteiger partial charge in [0.2, 0.25) is 0 Å². The Kier molecular flexibility index (Phi) is 10.6. The Morgan fingerprint density at radius 2 is 0.425 bits per heavy atom. The summed E-state index contributed by atoms with van der Waals surface area (Å²) in [6.45, 7) is 0. The van der Waals surface area contributed by atoms with Crippen molar-refractivity contribution in [1.82, 2.24) is 9.13 Å². The van der Waals surface area contributed by atoms with Crippen molar-refractivity contribution in [3.63, 3.8) is 0 Å². The third-order valence-electron chi connectivity index (χ3n) is 16.7. The lowest BCUT2D eigenvalue weighted by Crippen LogP contribution is -1.94. The van der Waals surface area contributed by atoms with Crippen molar-refractivity contribution in [2.75, 3.05) is 0 Å². The van der Waals surface area contributed by atoms with Crippen molar-refractivity contribution in [2.45, 2.75) is 0 Å². The number of nitrogens with zero attached hydrogens (tertiary/aromatic N) is 2. The van der Waals surface area contributed by atoms with Gasteiger partial charge in [0.15, 0.2) is 0 Å². The summed E-state index contributed by atoms with van der Waals surface area (Å²) in [7, 11) is 0. The molecule has 0 saturated carbocycles. The van der Waals surface area contributed by atoms with Crippen LogP contribution in [0.4, 0.5) is 0 Å². The standard InChI is InChI=1S/C42H27N.C36H23N/c1-3-11-28(12-4-1)30-19-23-41-39(25-30)40-26-31(29-13-5-2-6-14-29)20-24-42(40)43(41)32-21-22-37-35-17-8-7-15-33(35)34-16-9-10-18-36(34)38(37)27-32;1-2-14-29-27(12-1)28-13-3-4-15-30(28)34-23-25(20-21-31(29)34)24-10-9-11-26(22-24)37-35-18-7-5-16-32(35)33-17-6-8-19-36(33)37/h1-27H;1-23H. The molecule has 0 radical (unpaired) electrons. The number of fused-ring (bicyclic) bond motifs is 18. The average Bonchev–Trinajstić information content (AvgIpc) is 4.17. The van der Waals surface area contributed by atoms with Gasteiger partial charge in [0.05, 0.1) is 22.1 Å². The zero-order valence-corrected chi connectivity index (χ0v) is 43.8. The molecule has 0 amide bonds. The summed E-state index contributed by atoms with van der Waals surface area (Å²) >= 11 is 0. The lowest BCUT2D eigenvalue weighted by Gasteiger charge is -2.14. The van der Waals surface area contributed by atoms with E-state index in [-0.39, 0.29) is 0 Å². The summed E-state index contributed by atoms with van der Waals surface area (Å²) in [5.74, 6) is 0. The van der Waals surface area contributed by atoms with Crippen LogP contribution in [0.15, 0.2) is 303 Å². The second-order valence-electron chi connectivity index (χ2n) is 21.1. The van der Waals surface area contributed by atoms with Gasteiger partial charge in [0, 0.05) is 32.9 Å². The summed E-state index contributed by atoms with van der Waals surface area (Å²) in [4.78, 5) is 0. The smallest absolute Gasteiger partial charge is 0.0541 e. The first-order chi connectivity index (χ1) is 39.7. The van der Waals surface area contributed by atoms with E-state index in [0.29, 0.717) is 0 Å². The highest BCUT2D eigenvalue weighted by Gasteiger charge is 2.18. The molecule has 2 nitrogen and oxygen atoms in total. The average molecular weight is 1020 g/mol. The minimum Gasteiger partial charge on any atom is -0.309 e. The van der Waals surface area contributed by atoms with E-state index in [4.69, 9.17) is 0 Å². The Hall–Kier alpha value is -10.5. The van der Waals surface area contributed by atoms with Crippen LogP contribution in [0.25, 0.3) is 153 Å². The van der Waals surface area contributed by atoms with Gasteiger partial charge in [-0.15, -0.1) is 0 Å². The fraction of sp³-hybridized carbons (Fsp3) is 0. The fourth-order valence-electron chi connectivity index (χ4n) is 13.1. The zero-order chi connectivity index (χ0) is 52.7. The molecule has 80 heavy (non-hydrogen) atoms. The Morgan fingerprint density at radius 3 is 0.887 bits per heavy atom. The van der Waals surface area contributed by atoms with Gasteiger partial charge >= 0.3 is 0 Å². The van der Waals surface area contributed by atoms with Crippen molar-refractivity contribution in [3.8, 4) is 44.8 Å². The largest absolute Gasteiger partial charge is 0.309 e. The fourth-order valence-corrected chi connectivity index (χ4v) is 13.1. The van der Waals surface area contributed by atoms with Crippen LogP contribution in [0.2, 0.25) is 0 Å². The van der Waals surface area contributed by atoms with Crippen molar-refractivity contribution in [1.29, 1.82) is 0 Å². The second-order valence-corrected chi connectivity index (χ2v) is 21.1. The van der Waals surface area contributed by atoms with E-state index < -0.39 is 0 Å². The van der Waals surface area contributed by atoms with Crippen molar-refractivity contribution in [3.05, 3.63) is 303 Å². The molecule has 2 heteroatoms. The molecule has 372 valence electrons. The van der Waals surface area contributed by atoms with Crippen LogP contribution in [0.5, 0.6) is 0 Å². The number of rotatable bonds is 5. The molecule has 0 atom stereocenters. The highest BCUT2D eigenvalue weighted by molar-refractivity contribution is 6.27. The van der Waals surface area contributed by atoms with Gasteiger partial charge in [-0.1, -0.05) is 237 Å². The molecule has 2 heterocycles. The molecule has 0 aliphatic heterocycles. The van der Waals surface area contributed by atoms with Crippen LogP contribution < -0.4 is 0 Å². The highest BCUT2D eigenvalue weighted by atomic mass is 15.0. The third-order valence-corrected chi connectivity index (χ3v) is 16.7. The number of hydrogen-bond acceptors (Lipinski definition) is 0. The molecule has 17 aromatic rings. The van der Waals surface area contributed by atoms with Crippen LogP contribution >= 0.6 is 0 Å². The minimum absolute atomic E-state index is 1.17. The number of para-hydroxylation sites is 2. The van der Waals surface area contributed by atoms with Crippen LogP contribution in [0.1, 0.15) is 0 Å². The van der Waals surface area contributed by atoms with Crippen LogP contribution in [0, 0.1) is 0 Å². The van der Waals surface area contributed by atoms with Crippen molar-refractivity contribution >= 4 is 108 Å². The summed E-state index contributed by atoms with van der Waals surface area (Å²) in [5.41, 5.74) is 14.6.